The van der Waals surface area contributed by atoms with Gasteiger partial charge in [0.2, 0.25) is 10.0 Å². The van der Waals surface area contributed by atoms with Crippen LogP contribution in [0, 0.1) is 5.92 Å². The number of carbonyl (C=O) groups excluding carboxylic acids is 1. The summed E-state index contributed by atoms with van der Waals surface area (Å²) < 4.78 is 38.2. The zero-order valence-electron chi connectivity index (χ0n) is 14.5. The number of rotatable bonds is 7. The molecule has 2 fully saturated rings. The Morgan fingerprint density at radius 1 is 1.16 bits per heavy atom. The quantitative estimate of drug-likeness (QED) is 0.750. The van der Waals surface area contributed by atoms with Crippen LogP contribution in [0.1, 0.15) is 55.3 Å². The maximum Gasteiger partial charge on any atom is 0.338 e. The number of ether oxygens (including phenoxy) is 2. The van der Waals surface area contributed by atoms with Crippen LogP contribution in [-0.4, -0.2) is 34.1 Å². The average Bonchev–Trinajstić information content (AvgIpc) is 3.43. The van der Waals surface area contributed by atoms with E-state index >= 15 is 0 Å². The summed E-state index contributed by atoms with van der Waals surface area (Å²) in [5.74, 6) is 0.142. The lowest BCUT2D eigenvalue weighted by atomic mass is 9.90. The van der Waals surface area contributed by atoms with Crippen molar-refractivity contribution in [3.8, 4) is 5.75 Å². The van der Waals surface area contributed by atoms with Crippen molar-refractivity contribution in [1.82, 2.24) is 4.72 Å². The SMILES string of the molecule is COc1ccc(C(=O)OCC2CCCCC2)cc1S(=O)(=O)NC1CC1. The second kappa shape index (κ2) is 7.74. The molecule has 2 aliphatic carbocycles. The first-order valence-electron chi connectivity index (χ1n) is 8.87. The third kappa shape index (κ3) is 4.73. The van der Waals surface area contributed by atoms with Crippen LogP contribution in [0.4, 0.5) is 0 Å². The van der Waals surface area contributed by atoms with E-state index in [1.807, 2.05) is 0 Å². The molecule has 0 amide bonds. The average molecular weight is 367 g/mol. The zero-order chi connectivity index (χ0) is 17.9. The van der Waals surface area contributed by atoms with Gasteiger partial charge in [-0.25, -0.2) is 17.9 Å². The highest BCUT2D eigenvalue weighted by atomic mass is 32.2. The van der Waals surface area contributed by atoms with Gasteiger partial charge >= 0.3 is 5.97 Å². The second-order valence-electron chi connectivity index (χ2n) is 6.86. The van der Waals surface area contributed by atoms with Gasteiger partial charge in [0.05, 0.1) is 19.3 Å². The summed E-state index contributed by atoms with van der Waals surface area (Å²) in [7, 11) is -2.30. The number of sulfonamides is 1. The van der Waals surface area contributed by atoms with Crippen LogP contribution in [0.5, 0.6) is 5.75 Å². The van der Waals surface area contributed by atoms with Crippen molar-refractivity contribution in [3.05, 3.63) is 23.8 Å². The molecule has 138 valence electrons. The number of hydrogen-bond acceptors (Lipinski definition) is 5. The van der Waals surface area contributed by atoms with E-state index in [-0.39, 0.29) is 22.3 Å². The van der Waals surface area contributed by atoms with Gasteiger partial charge in [-0.2, -0.15) is 0 Å². The molecule has 6 nitrogen and oxygen atoms in total. The fraction of sp³-hybridized carbons (Fsp3) is 0.611. The van der Waals surface area contributed by atoms with Crippen LogP contribution >= 0.6 is 0 Å². The standard InChI is InChI=1S/C18H25NO5S/c1-23-16-10-7-14(11-17(16)25(21,22)19-15-8-9-15)18(20)24-12-13-5-3-2-4-6-13/h7,10-11,13,15,19H,2-6,8-9,12H2,1H3. The summed E-state index contributed by atoms with van der Waals surface area (Å²) >= 11 is 0. The maximum atomic E-state index is 12.5. The number of benzene rings is 1. The minimum absolute atomic E-state index is 0.0170. The molecule has 2 aliphatic rings. The highest BCUT2D eigenvalue weighted by Gasteiger charge is 2.30. The van der Waals surface area contributed by atoms with Crippen LogP contribution in [0.15, 0.2) is 23.1 Å². The fourth-order valence-corrected chi connectivity index (χ4v) is 4.63. The second-order valence-corrected chi connectivity index (χ2v) is 8.55. The lowest BCUT2D eigenvalue weighted by molar-refractivity contribution is 0.0410. The lowest BCUT2D eigenvalue weighted by Gasteiger charge is -2.21. The Morgan fingerprint density at radius 3 is 2.52 bits per heavy atom. The predicted octanol–water partition coefficient (Wildman–Crippen LogP) is 2.87. The van der Waals surface area contributed by atoms with Crippen molar-refractivity contribution in [1.29, 1.82) is 0 Å². The first-order chi connectivity index (χ1) is 12.0. The monoisotopic (exact) mass is 367 g/mol. The van der Waals surface area contributed by atoms with E-state index in [4.69, 9.17) is 9.47 Å². The Bertz CT molecular complexity index is 721. The molecule has 0 aliphatic heterocycles. The van der Waals surface area contributed by atoms with Crippen LogP contribution in [0.2, 0.25) is 0 Å². The van der Waals surface area contributed by atoms with Crippen molar-refractivity contribution >= 4 is 16.0 Å². The summed E-state index contributed by atoms with van der Waals surface area (Å²) in [5.41, 5.74) is 0.229. The summed E-state index contributed by atoms with van der Waals surface area (Å²) in [5, 5.41) is 0. The van der Waals surface area contributed by atoms with Gasteiger partial charge in [0.25, 0.3) is 0 Å². The predicted molar refractivity (Wildman–Crippen MR) is 93.2 cm³/mol. The molecule has 0 atom stereocenters. The van der Waals surface area contributed by atoms with Gasteiger partial charge in [-0.05, 0) is 49.8 Å². The first-order valence-corrected chi connectivity index (χ1v) is 10.4. The molecule has 0 aromatic heterocycles. The van der Waals surface area contributed by atoms with Gasteiger partial charge in [0.15, 0.2) is 0 Å². The molecule has 0 saturated heterocycles. The minimum atomic E-state index is -3.71. The third-order valence-corrected chi connectivity index (χ3v) is 6.30. The molecule has 7 heteroatoms. The Labute approximate surface area is 148 Å². The molecule has 1 aromatic carbocycles. The molecule has 3 rings (SSSR count). The molecular formula is C18H25NO5S. The largest absolute Gasteiger partial charge is 0.495 e. The number of esters is 1. The Morgan fingerprint density at radius 2 is 1.88 bits per heavy atom. The Kier molecular flexibility index (Phi) is 5.64. The van der Waals surface area contributed by atoms with Gasteiger partial charge in [-0.15, -0.1) is 0 Å². The fourth-order valence-electron chi connectivity index (χ4n) is 3.13. The molecular weight excluding hydrogens is 342 g/mol. The molecule has 0 unspecified atom stereocenters. The smallest absolute Gasteiger partial charge is 0.338 e. The molecule has 0 bridgehead atoms. The third-order valence-electron chi connectivity index (χ3n) is 4.76. The van der Waals surface area contributed by atoms with Crippen LogP contribution in [-0.2, 0) is 14.8 Å². The molecule has 2 saturated carbocycles. The highest BCUT2D eigenvalue weighted by molar-refractivity contribution is 7.89. The number of hydrogen-bond donors (Lipinski definition) is 1. The first kappa shape index (κ1) is 18.2. The number of nitrogens with one attached hydrogen (secondary N) is 1. The van der Waals surface area contributed by atoms with Gasteiger partial charge in [-0.3, -0.25) is 0 Å². The number of methoxy groups -OCH3 is 1. The van der Waals surface area contributed by atoms with Crippen molar-refractivity contribution in [2.45, 2.75) is 55.9 Å². The normalized spacial score (nSPS) is 18.8. The van der Waals surface area contributed by atoms with E-state index in [2.05, 4.69) is 4.72 Å². The molecule has 0 heterocycles. The van der Waals surface area contributed by atoms with Crippen LogP contribution in [0.3, 0.4) is 0 Å². The summed E-state index contributed by atoms with van der Waals surface area (Å²) in [4.78, 5) is 12.3. The van der Waals surface area contributed by atoms with Crippen molar-refractivity contribution in [2.24, 2.45) is 5.92 Å². The Hall–Kier alpha value is -1.60. The van der Waals surface area contributed by atoms with Gasteiger partial charge in [0, 0.05) is 6.04 Å². The van der Waals surface area contributed by atoms with Crippen molar-refractivity contribution < 1.29 is 22.7 Å². The van der Waals surface area contributed by atoms with Crippen LogP contribution in [0.25, 0.3) is 0 Å². The van der Waals surface area contributed by atoms with E-state index in [1.54, 1.807) is 0 Å². The lowest BCUT2D eigenvalue weighted by Crippen LogP contribution is -2.26. The number of carbonyl (C=O) groups is 1. The van der Waals surface area contributed by atoms with E-state index in [1.165, 1.54) is 44.6 Å². The summed E-state index contributed by atoms with van der Waals surface area (Å²) in [6.07, 6.45) is 7.45. The Balaban J connectivity index is 1.72. The topological polar surface area (TPSA) is 81.7 Å². The molecule has 1 N–H and O–H groups in total. The molecule has 0 spiro atoms. The van der Waals surface area contributed by atoms with Gasteiger partial charge in [-0.1, -0.05) is 19.3 Å². The maximum absolute atomic E-state index is 12.5. The summed E-state index contributed by atoms with van der Waals surface area (Å²) in [6, 6.07) is 4.36. The van der Waals surface area contributed by atoms with Crippen LogP contribution < -0.4 is 9.46 Å². The molecule has 1 aromatic rings. The van der Waals surface area contributed by atoms with E-state index in [0.717, 1.165) is 25.7 Å². The minimum Gasteiger partial charge on any atom is -0.495 e. The van der Waals surface area contributed by atoms with E-state index in [0.29, 0.717) is 12.5 Å². The van der Waals surface area contributed by atoms with Gasteiger partial charge < -0.3 is 9.47 Å². The highest BCUT2D eigenvalue weighted by Crippen LogP contribution is 2.29. The van der Waals surface area contributed by atoms with E-state index in [9.17, 15) is 13.2 Å². The van der Waals surface area contributed by atoms with E-state index < -0.39 is 16.0 Å². The molecule has 25 heavy (non-hydrogen) atoms. The van der Waals surface area contributed by atoms with Gasteiger partial charge in [0.1, 0.15) is 10.6 Å². The molecule has 0 radical (unpaired) electrons. The van der Waals surface area contributed by atoms with Crippen molar-refractivity contribution in [2.75, 3.05) is 13.7 Å². The van der Waals surface area contributed by atoms with Crippen molar-refractivity contribution in [3.63, 3.8) is 0 Å². The zero-order valence-corrected chi connectivity index (χ0v) is 15.3. The summed E-state index contributed by atoms with van der Waals surface area (Å²) in [6.45, 7) is 0.396.